The third kappa shape index (κ3) is 4.04. The van der Waals surface area contributed by atoms with Crippen molar-refractivity contribution in [3.63, 3.8) is 0 Å². The molecule has 0 saturated heterocycles. The Bertz CT molecular complexity index is 575. The summed E-state index contributed by atoms with van der Waals surface area (Å²) in [6.07, 6.45) is 3.28. The molecule has 0 amide bonds. The predicted octanol–water partition coefficient (Wildman–Crippen LogP) is 2.39. The van der Waals surface area contributed by atoms with E-state index < -0.39 is 0 Å². The molecule has 0 bridgehead atoms. The summed E-state index contributed by atoms with van der Waals surface area (Å²) in [5.74, 6) is -0.191. The molecule has 1 aromatic heterocycles. The highest BCUT2D eigenvalue weighted by Crippen LogP contribution is 2.25. The van der Waals surface area contributed by atoms with Crippen LogP contribution in [0.1, 0.15) is 50.9 Å². The Hall–Kier alpha value is -1.40. The molecule has 2 rings (SSSR count). The molecule has 0 atom stereocenters. The molecule has 1 aliphatic rings. The lowest BCUT2D eigenvalue weighted by Gasteiger charge is -2.11. The molecule has 5 nitrogen and oxygen atoms in total. The van der Waals surface area contributed by atoms with Gasteiger partial charge in [0.2, 0.25) is 5.78 Å². The van der Waals surface area contributed by atoms with E-state index in [4.69, 9.17) is 0 Å². The number of fused-ring (bicyclic) bond motifs is 1. The van der Waals surface area contributed by atoms with Gasteiger partial charge in [-0.1, -0.05) is 6.42 Å². The summed E-state index contributed by atoms with van der Waals surface area (Å²) in [4.78, 5) is 35.4. The Labute approximate surface area is 129 Å². The van der Waals surface area contributed by atoms with E-state index in [2.05, 4.69) is 29.0 Å². The second-order valence-electron chi connectivity index (χ2n) is 5.53. The van der Waals surface area contributed by atoms with E-state index in [1.807, 2.05) is 6.92 Å². The fourth-order valence-electron chi connectivity index (χ4n) is 2.28. The summed E-state index contributed by atoms with van der Waals surface area (Å²) in [5.41, 5.74) is 0.686. The molecule has 0 radical (unpaired) electrons. The van der Waals surface area contributed by atoms with E-state index in [1.165, 1.54) is 11.3 Å². The van der Waals surface area contributed by atoms with Crippen LogP contribution in [0, 0.1) is 6.92 Å². The average molecular weight is 307 g/mol. The molecule has 0 unspecified atom stereocenters. The molecular weight excluding hydrogens is 286 g/mol. The Kier molecular flexibility index (Phi) is 5.36. The summed E-state index contributed by atoms with van der Waals surface area (Å²) < 4.78 is 0. The van der Waals surface area contributed by atoms with Gasteiger partial charge in [-0.3, -0.25) is 14.6 Å². The molecular formula is C15H21N3O2S. The van der Waals surface area contributed by atoms with Crippen molar-refractivity contribution in [2.45, 2.75) is 32.6 Å². The van der Waals surface area contributed by atoms with E-state index in [1.54, 1.807) is 0 Å². The van der Waals surface area contributed by atoms with Crippen LogP contribution in [0.4, 0.5) is 0 Å². The second kappa shape index (κ2) is 7.04. The Morgan fingerprint density at radius 3 is 2.71 bits per heavy atom. The van der Waals surface area contributed by atoms with Crippen molar-refractivity contribution in [1.29, 1.82) is 0 Å². The van der Waals surface area contributed by atoms with E-state index in [0.29, 0.717) is 22.8 Å². The van der Waals surface area contributed by atoms with Crippen molar-refractivity contribution < 1.29 is 9.59 Å². The van der Waals surface area contributed by atoms with Crippen LogP contribution in [0.2, 0.25) is 0 Å². The number of unbranched alkanes of at least 4 members (excludes halogenated alkanes) is 2. The number of aliphatic imine (C=N–C) groups is 1. The number of aryl methyl sites for hydroxylation is 1. The van der Waals surface area contributed by atoms with Crippen LogP contribution in [-0.4, -0.2) is 54.3 Å². The van der Waals surface area contributed by atoms with Gasteiger partial charge in [0.15, 0.2) is 5.78 Å². The van der Waals surface area contributed by atoms with Gasteiger partial charge in [-0.15, -0.1) is 11.3 Å². The van der Waals surface area contributed by atoms with Gasteiger partial charge in [0.25, 0.3) is 0 Å². The maximum absolute atomic E-state index is 12.2. The molecule has 6 heteroatoms. The van der Waals surface area contributed by atoms with Crippen molar-refractivity contribution in [3.8, 4) is 0 Å². The molecule has 1 heterocycles. The molecule has 0 aromatic carbocycles. The van der Waals surface area contributed by atoms with Gasteiger partial charge in [0.1, 0.15) is 10.6 Å². The van der Waals surface area contributed by atoms with Gasteiger partial charge < -0.3 is 4.90 Å². The topological polar surface area (TPSA) is 62.6 Å². The number of hydrogen-bond acceptors (Lipinski definition) is 6. The molecule has 0 spiro atoms. The van der Waals surface area contributed by atoms with Crippen LogP contribution in [0.3, 0.4) is 0 Å². The molecule has 1 aromatic rings. The normalized spacial score (nSPS) is 16.9. The molecule has 0 N–H and O–H groups in total. The minimum atomic E-state index is -0.165. The maximum Gasteiger partial charge on any atom is 0.227 e. The number of carbonyl (C=O) groups excluding carboxylic acids is 2. The van der Waals surface area contributed by atoms with Crippen LogP contribution in [0.25, 0.3) is 0 Å². The zero-order valence-corrected chi connectivity index (χ0v) is 13.6. The first-order chi connectivity index (χ1) is 9.99. The lowest BCUT2D eigenvalue weighted by atomic mass is 9.98. The van der Waals surface area contributed by atoms with Crippen molar-refractivity contribution in [2.24, 2.45) is 4.99 Å². The standard InChI is InChI=1S/C15H21N3O2S/c1-10-17-13-14(20)11(9-12(19)15(13)21-10)16-7-5-4-6-8-18(2)3/h4-9H2,1-3H3. The third-order valence-electron chi connectivity index (χ3n) is 3.36. The van der Waals surface area contributed by atoms with Crippen molar-refractivity contribution in [2.75, 3.05) is 27.2 Å². The van der Waals surface area contributed by atoms with Crippen molar-refractivity contribution >= 4 is 28.6 Å². The lowest BCUT2D eigenvalue weighted by molar-refractivity contribution is 0.0966. The Morgan fingerprint density at radius 1 is 1.24 bits per heavy atom. The summed E-state index contributed by atoms with van der Waals surface area (Å²) in [5, 5.41) is 0.756. The molecule has 0 fully saturated rings. The maximum atomic E-state index is 12.2. The number of carbonyl (C=O) groups is 2. The fourth-order valence-corrected chi connectivity index (χ4v) is 3.13. The second-order valence-corrected chi connectivity index (χ2v) is 6.74. The van der Waals surface area contributed by atoms with E-state index in [-0.39, 0.29) is 18.0 Å². The van der Waals surface area contributed by atoms with E-state index >= 15 is 0 Å². The third-order valence-corrected chi connectivity index (χ3v) is 4.37. The Morgan fingerprint density at radius 2 is 2.00 bits per heavy atom. The van der Waals surface area contributed by atoms with Crippen LogP contribution in [0.5, 0.6) is 0 Å². The number of ketones is 2. The largest absolute Gasteiger partial charge is 0.309 e. The minimum Gasteiger partial charge on any atom is -0.309 e. The predicted molar refractivity (Wildman–Crippen MR) is 84.8 cm³/mol. The van der Waals surface area contributed by atoms with Gasteiger partial charge in [0.05, 0.1) is 17.1 Å². The van der Waals surface area contributed by atoms with Gasteiger partial charge in [-0.2, -0.15) is 0 Å². The molecule has 1 aliphatic carbocycles. The number of aromatic nitrogens is 1. The van der Waals surface area contributed by atoms with Crippen LogP contribution in [0.15, 0.2) is 4.99 Å². The van der Waals surface area contributed by atoms with Gasteiger partial charge in [-0.05, 0) is 40.4 Å². The first-order valence-electron chi connectivity index (χ1n) is 7.22. The molecule has 114 valence electrons. The van der Waals surface area contributed by atoms with Crippen LogP contribution < -0.4 is 0 Å². The van der Waals surface area contributed by atoms with Gasteiger partial charge >= 0.3 is 0 Å². The van der Waals surface area contributed by atoms with E-state index in [0.717, 1.165) is 30.8 Å². The summed E-state index contributed by atoms with van der Waals surface area (Å²) in [6.45, 7) is 3.49. The van der Waals surface area contributed by atoms with Crippen LogP contribution in [-0.2, 0) is 0 Å². The SMILES string of the molecule is Cc1nc2c(s1)C(=O)CC(=NCCCCCN(C)C)C2=O. The van der Waals surface area contributed by atoms with E-state index in [9.17, 15) is 9.59 Å². The molecule has 0 saturated carbocycles. The lowest BCUT2D eigenvalue weighted by Crippen LogP contribution is -2.26. The summed E-state index contributed by atoms with van der Waals surface area (Å²) >= 11 is 1.30. The first kappa shape index (κ1) is 16.0. The average Bonchev–Trinajstić information content (AvgIpc) is 2.81. The zero-order chi connectivity index (χ0) is 15.4. The highest BCUT2D eigenvalue weighted by Gasteiger charge is 2.32. The highest BCUT2D eigenvalue weighted by atomic mass is 32.1. The number of rotatable bonds is 6. The zero-order valence-electron chi connectivity index (χ0n) is 12.8. The Balaban J connectivity index is 1.91. The monoisotopic (exact) mass is 307 g/mol. The van der Waals surface area contributed by atoms with Crippen molar-refractivity contribution in [3.05, 3.63) is 15.6 Å². The summed E-state index contributed by atoms with van der Waals surface area (Å²) in [7, 11) is 4.11. The molecule has 0 aliphatic heterocycles. The van der Waals surface area contributed by atoms with Gasteiger partial charge in [0, 0.05) is 6.54 Å². The van der Waals surface area contributed by atoms with Crippen LogP contribution >= 0.6 is 11.3 Å². The molecule has 21 heavy (non-hydrogen) atoms. The number of thiazole rings is 1. The van der Waals surface area contributed by atoms with Gasteiger partial charge in [-0.25, -0.2) is 4.98 Å². The quantitative estimate of drug-likeness (QED) is 0.757. The first-order valence-corrected chi connectivity index (χ1v) is 8.04. The number of hydrogen-bond donors (Lipinski definition) is 0. The summed E-state index contributed by atoms with van der Waals surface area (Å²) in [6, 6.07) is 0. The number of Topliss-reactive ketones (excluding diaryl/α,β-unsaturated/α-hetero) is 2. The number of nitrogens with zero attached hydrogens (tertiary/aromatic N) is 3. The van der Waals surface area contributed by atoms with Crippen molar-refractivity contribution in [1.82, 2.24) is 9.88 Å². The fraction of sp³-hybridized carbons (Fsp3) is 0.600. The smallest absolute Gasteiger partial charge is 0.227 e. The highest BCUT2D eigenvalue weighted by molar-refractivity contribution is 7.14. The minimum absolute atomic E-state index is 0.0263.